The Morgan fingerprint density at radius 3 is 3.19 bits per heavy atom. The molecule has 0 fully saturated rings. The molecule has 0 aromatic carbocycles. The Hall–Kier alpha value is -1.10. The zero-order chi connectivity index (χ0) is 11.5. The molecule has 1 N–H and O–H groups in total. The second-order valence-electron chi connectivity index (χ2n) is 3.97. The number of carboxylic acids is 1. The van der Waals surface area contributed by atoms with E-state index in [1.165, 1.54) is 0 Å². The Kier molecular flexibility index (Phi) is 3.43. The molecule has 1 aliphatic rings. The van der Waals surface area contributed by atoms with E-state index >= 15 is 0 Å². The van der Waals surface area contributed by atoms with Crippen molar-refractivity contribution >= 4 is 17.7 Å². The monoisotopic (exact) mass is 238 g/mol. The molecule has 0 saturated heterocycles. The van der Waals surface area contributed by atoms with Crippen molar-refractivity contribution in [3.63, 3.8) is 0 Å². The normalized spacial score (nSPS) is 19.2. The Morgan fingerprint density at radius 2 is 2.50 bits per heavy atom. The summed E-state index contributed by atoms with van der Waals surface area (Å²) in [6.07, 6.45) is 5.84. The molecule has 2 rings (SSSR count). The molecular formula is C11H14N2O2S. The van der Waals surface area contributed by atoms with Gasteiger partial charge in [-0.3, -0.25) is 4.79 Å². The Labute approximate surface area is 98.5 Å². The second kappa shape index (κ2) is 4.82. The van der Waals surface area contributed by atoms with Gasteiger partial charge in [0.05, 0.1) is 11.7 Å². The van der Waals surface area contributed by atoms with Crippen LogP contribution < -0.4 is 0 Å². The number of hydrogen-bond donors (Lipinski definition) is 1. The molecule has 1 aromatic heterocycles. The molecule has 1 atom stereocenters. The zero-order valence-electron chi connectivity index (χ0n) is 9.14. The van der Waals surface area contributed by atoms with Crippen molar-refractivity contribution in [1.29, 1.82) is 0 Å². The van der Waals surface area contributed by atoms with E-state index in [1.54, 1.807) is 18.0 Å². The highest BCUT2D eigenvalue weighted by molar-refractivity contribution is 7.97. The molecule has 1 aliphatic carbocycles. The smallest absolute Gasteiger partial charge is 0.306 e. The van der Waals surface area contributed by atoms with E-state index in [2.05, 4.69) is 9.97 Å². The minimum atomic E-state index is -0.709. The summed E-state index contributed by atoms with van der Waals surface area (Å²) in [4.78, 5) is 19.6. The van der Waals surface area contributed by atoms with E-state index < -0.39 is 5.97 Å². The van der Waals surface area contributed by atoms with Crippen molar-refractivity contribution in [2.24, 2.45) is 5.92 Å². The molecule has 16 heavy (non-hydrogen) atoms. The number of hydrogen-bond acceptors (Lipinski definition) is 4. The molecule has 1 aromatic rings. The fraction of sp³-hybridized carbons (Fsp3) is 0.545. The van der Waals surface area contributed by atoms with Gasteiger partial charge in [-0.15, -0.1) is 0 Å². The van der Waals surface area contributed by atoms with Gasteiger partial charge >= 0.3 is 5.97 Å². The molecule has 4 nitrogen and oxygen atoms in total. The summed E-state index contributed by atoms with van der Waals surface area (Å²) in [7, 11) is 0. The summed E-state index contributed by atoms with van der Waals surface area (Å²) in [6, 6.07) is 0. The lowest BCUT2D eigenvalue weighted by Gasteiger charge is -2.20. The first-order chi connectivity index (χ1) is 7.70. The van der Waals surface area contributed by atoms with Crippen LogP contribution in [-0.4, -0.2) is 27.3 Å². The third kappa shape index (κ3) is 2.35. The van der Waals surface area contributed by atoms with Gasteiger partial charge in [-0.05, 0) is 31.1 Å². The molecule has 1 unspecified atom stereocenters. The molecule has 0 bridgehead atoms. The predicted molar refractivity (Wildman–Crippen MR) is 62.4 cm³/mol. The van der Waals surface area contributed by atoms with Crippen LogP contribution in [0.3, 0.4) is 0 Å². The summed E-state index contributed by atoms with van der Waals surface area (Å²) >= 11 is 1.69. The molecule has 5 heteroatoms. The van der Waals surface area contributed by atoms with Crippen LogP contribution in [0.5, 0.6) is 0 Å². The van der Waals surface area contributed by atoms with Gasteiger partial charge in [0.1, 0.15) is 5.82 Å². The number of fused-ring (bicyclic) bond motifs is 1. The first-order valence-electron chi connectivity index (χ1n) is 5.26. The summed E-state index contributed by atoms with van der Waals surface area (Å²) in [5.41, 5.74) is 2.04. The van der Waals surface area contributed by atoms with E-state index in [-0.39, 0.29) is 5.92 Å². The molecule has 0 saturated carbocycles. The van der Waals surface area contributed by atoms with Gasteiger partial charge in [-0.2, -0.15) is 11.8 Å². The van der Waals surface area contributed by atoms with Crippen LogP contribution in [0.15, 0.2) is 6.20 Å². The molecule has 1 heterocycles. The number of aromatic nitrogens is 2. The third-order valence-corrected chi connectivity index (χ3v) is 3.37. The largest absolute Gasteiger partial charge is 0.481 e. The van der Waals surface area contributed by atoms with E-state index in [1.807, 2.05) is 6.26 Å². The molecule has 0 spiro atoms. The molecule has 86 valence electrons. The Bertz CT molecular complexity index is 409. The number of carbonyl (C=O) groups is 1. The Morgan fingerprint density at radius 1 is 1.69 bits per heavy atom. The highest BCUT2D eigenvalue weighted by Gasteiger charge is 2.25. The average Bonchev–Trinajstić information content (AvgIpc) is 2.28. The lowest BCUT2D eigenvalue weighted by Crippen LogP contribution is -2.23. The number of carboxylic acid groups (broad SMARTS) is 1. The van der Waals surface area contributed by atoms with Gasteiger partial charge in [-0.1, -0.05) is 0 Å². The second-order valence-corrected chi connectivity index (χ2v) is 4.84. The predicted octanol–water partition coefficient (Wildman–Crippen LogP) is 1.53. The highest BCUT2D eigenvalue weighted by atomic mass is 32.2. The van der Waals surface area contributed by atoms with Crippen molar-refractivity contribution in [2.75, 3.05) is 6.26 Å². The number of aryl methyl sites for hydroxylation is 1. The van der Waals surface area contributed by atoms with Gasteiger partial charge in [0.15, 0.2) is 0 Å². The zero-order valence-corrected chi connectivity index (χ0v) is 9.96. The van der Waals surface area contributed by atoms with Gasteiger partial charge in [0, 0.05) is 11.9 Å². The maximum atomic E-state index is 10.9. The molecule has 0 amide bonds. The minimum Gasteiger partial charge on any atom is -0.481 e. The summed E-state index contributed by atoms with van der Waals surface area (Å²) in [6.45, 7) is 0. The molecule has 0 aliphatic heterocycles. The van der Waals surface area contributed by atoms with Crippen LogP contribution in [0.2, 0.25) is 0 Å². The van der Waals surface area contributed by atoms with Crippen LogP contribution in [0.4, 0.5) is 0 Å². The van der Waals surface area contributed by atoms with E-state index in [0.717, 1.165) is 29.3 Å². The lowest BCUT2D eigenvalue weighted by atomic mass is 9.87. The first kappa shape index (κ1) is 11.4. The standard InChI is InChI=1S/C11H14N2O2S/c1-16-6-10-12-5-8-4-7(11(14)15)2-3-9(8)13-10/h5,7H,2-4,6H2,1H3,(H,14,15). The van der Waals surface area contributed by atoms with E-state index in [4.69, 9.17) is 5.11 Å². The minimum absolute atomic E-state index is 0.262. The highest BCUT2D eigenvalue weighted by Crippen LogP contribution is 2.24. The maximum absolute atomic E-state index is 10.9. The van der Waals surface area contributed by atoms with Crippen LogP contribution in [0.1, 0.15) is 23.5 Å². The van der Waals surface area contributed by atoms with Crippen molar-refractivity contribution in [3.05, 3.63) is 23.3 Å². The van der Waals surface area contributed by atoms with E-state index in [9.17, 15) is 4.79 Å². The maximum Gasteiger partial charge on any atom is 0.306 e. The number of aliphatic carboxylic acids is 1. The number of nitrogens with zero attached hydrogens (tertiary/aromatic N) is 2. The lowest BCUT2D eigenvalue weighted by molar-refractivity contribution is -0.142. The summed E-state index contributed by atoms with van der Waals surface area (Å²) in [5.74, 6) is 0.691. The van der Waals surface area contributed by atoms with Crippen LogP contribution >= 0.6 is 11.8 Å². The van der Waals surface area contributed by atoms with Crippen LogP contribution in [-0.2, 0) is 23.4 Å². The third-order valence-electron chi connectivity index (χ3n) is 2.82. The van der Waals surface area contributed by atoms with Crippen molar-refractivity contribution in [1.82, 2.24) is 9.97 Å². The summed E-state index contributed by atoms with van der Waals surface area (Å²) in [5, 5.41) is 8.96. The van der Waals surface area contributed by atoms with Gasteiger partial charge in [0.2, 0.25) is 0 Å². The first-order valence-corrected chi connectivity index (χ1v) is 6.65. The van der Waals surface area contributed by atoms with Crippen molar-refractivity contribution in [3.8, 4) is 0 Å². The van der Waals surface area contributed by atoms with Crippen LogP contribution in [0.25, 0.3) is 0 Å². The van der Waals surface area contributed by atoms with Gasteiger partial charge in [-0.25, -0.2) is 9.97 Å². The fourth-order valence-corrected chi connectivity index (χ4v) is 2.36. The van der Waals surface area contributed by atoms with E-state index in [0.29, 0.717) is 12.8 Å². The van der Waals surface area contributed by atoms with Crippen molar-refractivity contribution in [2.45, 2.75) is 25.0 Å². The molecule has 0 radical (unpaired) electrons. The number of thioether (sulfide) groups is 1. The number of rotatable bonds is 3. The fourth-order valence-electron chi connectivity index (χ4n) is 1.96. The van der Waals surface area contributed by atoms with Gasteiger partial charge < -0.3 is 5.11 Å². The summed E-state index contributed by atoms with van der Waals surface area (Å²) < 4.78 is 0. The SMILES string of the molecule is CSCc1ncc2c(n1)CCC(C(=O)O)C2. The van der Waals surface area contributed by atoms with Gasteiger partial charge in [0.25, 0.3) is 0 Å². The Balaban J connectivity index is 2.18. The quantitative estimate of drug-likeness (QED) is 0.865. The average molecular weight is 238 g/mol. The molecular weight excluding hydrogens is 224 g/mol. The topological polar surface area (TPSA) is 63.1 Å². The van der Waals surface area contributed by atoms with Crippen LogP contribution in [0, 0.1) is 5.92 Å². The van der Waals surface area contributed by atoms with Crippen molar-refractivity contribution < 1.29 is 9.90 Å².